The molecule has 1 aromatic rings. The van der Waals surface area contributed by atoms with Crippen molar-refractivity contribution in [3.63, 3.8) is 0 Å². The van der Waals surface area contributed by atoms with Crippen LogP contribution in [0.15, 0.2) is 18.2 Å². The van der Waals surface area contributed by atoms with Gasteiger partial charge in [0.1, 0.15) is 5.82 Å². The second kappa shape index (κ2) is 4.65. The van der Waals surface area contributed by atoms with E-state index in [-0.39, 0.29) is 11.9 Å². The molecular formula is C14H21FN2. The monoisotopic (exact) mass is 236 g/mol. The van der Waals surface area contributed by atoms with E-state index in [1.54, 1.807) is 6.07 Å². The average molecular weight is 236 g/mol. The lowest BCUT2D eigenvalue weighted by atomic mass is 10.1. The number of halogens is 1. The van der Waals surface area contributed by atoms with Crippen molar-refractivity contribution >= 4 is 5.69 Å². The Bertz CT molecular complexity index is 403. The predicted molar refractivity (Wildman–Crippen MR) is 69.5 cm³/mol. The Balaban J connectivity index is 2.18. The van der Waals surface area contributed by atoms with E-state index >= 15 is 0 Å². The highest BCUT2D eigenvalue weighted by Crippen LogP contribution is 2.39. The summed E-state index contributed by atoms with van der Waals surface area (Å²) in [4.78, 5) is 2.20. The third-order valence-corrected chi connectivity index (χ3v) is 3.68. The van der Waals surface area contributed by atoms with Crippen LogP contribution in [0.3, 0.4) is 0 Å². The maximum absolute atomic E-state index is 13.2. The summed E-state index contributed by atoms with van der Waals surface area (Å²) in [5, 5.41) is 0. The number of nitrogens with two attached hydrogens (primary N) is 1. The summed E-state index contributed by atoms with van der Waals surface area (Å²) in [5.74, 6) is 1.40. The Morgan fingerprint density at radius 1 is 1.53 bits per heavy atom. The van der Waals surface area contributed by atoms with Gasteiger partial charge < -0.3 is 10.6 Å². The van der Waals surface area contributed by atoms with Crippen molar-refractivity contribution in [2.45, 2.75) is 26.3 Å². The molecule has 1 aliphatic rings. The zero-order chi connectivity index (χ0) is 12.6. The van der Waals surface area contributed by atoms with Gasteiger partial charge >= 0.3 is 0 Å². The lowest BCUT2D eigenvalue weighted by Crippen LogP contribution is -2.23. The number of hydrogen-bond acceptors (Lipinski definition) is 2. The minimum absolute atomic E-state index is 0.139. The maximum Gasteiger partial charge on any atom is 0.123 e. The lowest BCUT2D eigenvalue weighted by Gasteiger charge is -2.24. The molecule has 3 unspecified atom stereocenters. The van der Waals surface area contributed by atoms with E-state index < -0.39 is 0 Å². The zero-order valence-electron chi connectivity index (χ0n) is 10.8. The molecule has 1 aromatic carbocycles. The smallest absolute Gasteiger partial charge is 0.123 e. The van der Waals surface area contributed by atoms with Gasteiger partial charge in [-0.2, -0.15) is 0 Å². The molecule has 2 rings (SSSR count). The zero-order valence-corrected chi connectivity index (χ0v) is 10.8. The molecule has 0 bridgehead atoms. The Kier molecular flexibility index (Phi) is 3.38. The second-order valence-corrected chi connectivity index (χ2v) is 5.35. The minimum Gasteiger partial charge on any atom is -0.374 e. The van der Waals surface area contributed by atoms with E-state index in [0.717, 1.165) is 29.6 Å². The standard InChI is InChI=1S/C14H21FN2/c1-9-6-11(9)8-17(3)14-5-4-12(15)7-13(14)10(2)16/h4-5,7,9-11H,6,8,16H2,1-3H3. The summed E-state index contributed by atoms with van der Waals surface area (Å²) in [5.41, 5.74) is 7.85. The van der Waals surface area contributed by atoms with Gasteiger partial charge in [0.25, 0.3) is 0 Å². The van der Waals surface area contributed by atoms with Crippen LogP contribution in [0.1, 0.15) is 31.9 Å². The number of rotatable bonds is 4. The summed E-state index contributed by atoms with van der Waals surface area (Å²) in [6.07, 6.45) is 1.30. The summed E-state index contributed by atoms with van der Waals surface area (Å²) in [7, 11) is 2.06. The van der Waals surface area contributed by atoms with Crippen LogP contribution in [0.2, 0.25) is 0 Å². The van der Waals surface area contributed by atoms with Gasteiger partial charge in [-0.05, 0) is 48.9 Å². The Morgan fingerprint density at radius 3 is 2.71 bits per heavy atom. The molecule has 0 saturated heterocycles. The first-order valence-corrected chi connectivity index (χ1v) is 6.25. The van der Waals surface area contributed by atoms with Crippen molar-refractivity contribution in [2.75, 3.05) is 18.5 Å². The topological polar surface area (TPSA) is 29.3 Å². The van der Waals surface area contributed by atoms with Crippen LogP contribution in [0.5, 0.6) is 0 Å². The number of hydrogen-bond donors (Lipinski definition) is 1. The molecule has 1 fully saturated rings. The fourth-order valence-corrected chi connectivity index (χ4v) is 2.34. The van der Waals surface area contributed by atoms with Crippen LogP contribution >= 0.6 is 0 Å². The van der Waals surface area contributed by atoms with E-state index in [0.29, 0.717) is 0 Å². The molecule has 0 aromatic heterocycles. The van der Waals surface area contributed by atoms with Crippen molar-refractivity contribution in [1.82, 2.24) is 0 Å². The molecule has 1 saturated carbocycles. The van der Waals surface area contributed by atoms with Crippen molar-refractivity contribution in [2.24, 2.45) is 17.6 Å². The minimum atomic E-state index is -0.214. The van der Waals surface area contributed by atoms with E-state index in [4.69, 9.17) is 5.73 Å². The summed E-state index contributed by atoms with van der Waals surface area (Å²) in [6.45, 7) is 5.20. The van der Waals surface area contributed by atoms with Crippen LogP contribution in [0, 0.1) is 17.7 Å². The van der Waals surface area contributed by atoms with E-state index in [1.807, 2.05) is 13.0 Å². The molecule has 1 aliphatic carbocycles. The average Bonchev–Trinajstić information content (AvgIpc) is 2.93. The molecule has 2 N–H and O–H groups in total. The third-order valence-electron chi connectivity index (χ3n) is 3.68. The predicted octanol–water partition coefficient (Wildman–Crippen LogP) is 2.94. The van der Waals surface area contributed by atoms with Gasteiger partial charge in [-0.1, -0.05) is 6.92 Å². The van der Waals surface area contributed by atoms with Gasteiger partial charge in [-0.3, -0.25) is 0 Å². The quantitative estimate of drug-likeness (QED) is 0.871. The van der Waals surface area contributed by atoms with E-state index in [9.17, 15) is 4.39 Å². The SMILES string of the molecule is CC(N)c1cc(F)ccc1N(C)CC1CC1C. The van der Waals surface area contributed by atoms with Crippen molar-refractivity contribution < 1.29 is 4.39 Å². The van der Waals surface area contributed by atoms with Gasteiger partial charge in [0.15, 0.2) is 0 Å². The Hall–Kier alpha value is -1.09. The highest BCUT2D eigenvalue weighted by Gasteiger charge is 2.33. The van der Waals surface area contributed by atoms with Gasteiger partial charge in [-0.25, -0.2) is 4.39 Å². The van der Waals surface area contributed by atoms with Crippen molar-refractivity contribution in [3.8, 4) is 0 Å². The third kappa shape index (κ3) is 2.78. The Labute approximate surface area is 103 Å². The molecule has 3 atom stereocenters. The number of benzene rings is 1. The molecule has 0 amide bonds. The molecule has 2 nitrogen and oxygen atoms in total. The normalized spacial score (nSPS) is 24.5. The first-order valence-electron chi connectivity index (χ1n) is 6.25. The highest BCUT2D eigenvalue weighted by molar-refractivity contribution is 5.54. The molecule has 0 spiro atoms. The second-order valence-electron chi connectivity index (χ2n) is 5.35. The van der Waals surface area contributed by atoms with Gasteiger partial charge in [-0.15, -0.1) is 0 Å². The largest absolute Gasteiger partial charge is 0.374 e. The number of nitrogens with zero attached hydrogens (tertiary/aromatic N) is 1. The summed E-state index contributed by atoms with van der Waals surface area (Å²) < 4.78 is 13.2. The fraction of sp³-hybridized carbons (Fsp3) is 0.571. The van der Waals surface area contributed by atoms with Crippen LogP contribution < -0.4 is 10.6 Å². The van der Waals surface area contributed by atoms with Gasteiger partial charge in [0.2, 0.25) is 0 Å². The van der Waals surface area contributed by atoms with Gasteiger partial charge in [0.05, 0.1) is 0 Å². The van der Waals surface area contributed by atoms with Crippen molar-refractivity contribution in [1.29, 1.82) is 0 Å². The van der Waals surface area contributed by atoms with Crippen LogP contribution in [-0.4, -0.2) is 13.6 Å². The van der Waals surface area contributed by atoms with E-state index in [1.165, 1.54) is 12.5 Å². The molecule has 17 heavy (non-hydrogen) atoms. The van der Waals surface area contributed by atoms with Gasteiger partial charge in [0, 0.05) is 25.3 Å². The molecule has 3 heteroatoms. The fourth-order valence-electron chi connectivity index (χ4n) is 2.34. The van der Waals surface area contributed by atoms with E-state index in [2.05, 4.69) is 18.9 Å². The van der Waals surface area contributed by atoms with Crippen LogP contribution in [0.25, 0.3) is 0 Å². The van der Waals surface area contributed by atoms with Crippen LogP contribution in [-0.2, 0) is 0 Å². The summed E-state index contributed by atoms with van der Waals surface area (Å²) >= 11 is 0. The summed E-state index contributed by atoms with van der Waals surface area (Å²) in [6, 6.07) is 4.75. The lowest BCUT2D eigenvalue weighted by molar-refractivity contribution is 0.621. The number of anilines is 1. The molecule has 0 radical (unpaired) electrons. The van der Waals surface area contributed by atoms with Crippen LogP contribution in [0.4, 0.5) is 10.1 Å². The first-order chi connectivity index (χ1) is 7.99. The Morgan fingerprint density at radius 2 is 2.18 bits per heavy atom. The first kappa shape index (κ1) is 12.4. The molecular weight excluding hydrogens is 215 g/mol. The molecule has 94 valence electrons. The van der Waals surface area contributed by atoms with Crippen molar-refractivity contribution in [3.05, 3.63) is 29.6 Å². The molecule has 0 aliphatic heterocycles. The maximum atomic E-state index is 13.2. The molecule has 0 heterocycles. The highest BCUT2D eigenvalue weighted by atomic mass is 19.1.